The highest BCUT2D eigenvalue weighted by Crippen LogP contribution is 2.54. The molecule has 15 heavy (non-hydrogen) atoms. The fourth-order valence-corrected chi connectivity index (χ4v) is 2.66. The molecule has 0 radical (unpaired) electrons. The number of fused-ring (bicyclic) bond motifs is 1. The van der Waals surface area contributed by atoms with E-state index < -0.39 is 0 Å². The molecule has 2 unspecified atom stereocenters. The molecule has 0 saturated heterocycles. The topological polar surface area (TPSA) is 29.1 Å². The number of thioether (sulfide) groups is 1. The molecule has 0 aromatic carbocycles. The minimum absolute atomic E-state index is 0.164. The molecule has 2 nitrogen and oxygen atoms in total. The van der Waals surface area contributed by atoms with Gasteiger partial charge in [0, 0.05) is 17.2 Å². The zero-order valence-corrected chi connectivity index (χ0v) is 10.7. The van der Waals surface area contributed by atoms with Crippen molar-refractivity contribution in [2.45, 2.75) is 37.9 Å². The van der Waals surface area contributed by atoms with Crippen LogP contribution in [0.2, 0.25) is 0 Å². The quantitative estimate of drug-likeness (QED) is 0.798. The van der Waals surface area contributed by atoms with Crippen molar-refractivity contribution >= 4 is 17.7 Å². The van der Waals surface area contributed by atoms with E-state index in [1.54, 1.807) is 11.8 Å². The van der Waals surface area contributed by atoms with Crippen LogP contribution in [0.15, 0.2) is 0 Å². The maximum absolute atomic E-state index is 11.9. The van der Waals surface area contributed by atoms with Crippen molar-refractivity contribution in [3.63, 3.8) is 0 Å². The minimum Gasteiger partial charge on any atom is -0.354 e. The summed E-state index contributed by atoms with van der Waals surface area (Å²) < 4.78 is 0.164. The van der Waals surface area contributed by atoms with Gasteiger partial charge in [0.1, 0.15) is 0 Å². The Morgan fingerprint density at radius 1 is 1.33 bits per heavy atom. The van der Waals surface area contributed by atoms with E-state index in [-0.39, 0.29) is 4.75 Å². The van der Waals surface area contributed by atoms with E-state index in [9.17, 15) is 4.79 Å². The Balaban J connectivity index is 1.73. The van der Waals surface area contributed by atoms with Crippen LogP contribution in [0.25, 0.3) is 0 Å². The number of nitrogens with one attached hydrogen (secondary N) is 1. The second kappa shape index (κ2) is 4.00. The summed E-state index contributed by atoms with van der Waals surface area (Å²) in [6.45, 7) is 5.13. The van der Waals surface area contributed by atoms with Crippen molar-refractivity contribution in [1.82, 2.24) is 5.32 Å². The number of carbonyl (C=O) groups excluding carboxylic acids is 1. The maximum atomic E-state index is 11.9. The first-order chi connectivity index (χ1) is 7.02. The summed E-state index contributed by atoms with van der Waals surface area (Å²) in [5.74, 6) is 2.42. The minimum atomic E-state index is 0.164. The third kappa shape index (κ3) is 2.68. The summed E-state index contributed by atoms with van der Waals surface area (Å²) in [5.41, 5.74) is 0. The van der Waals surface area contributed by atoms with Crippen LogP contribution in [0.1, 0.15) is 33.1 Å². The Morgan fingerprint density at radius 3 is 2.47 bits per heavy atom. The van der Waals surface area contributed by atoms with E-state index in [1.165, 1.54) is 6.42 Å². The normalized spacial score (nSPS) is 33.7. The summed E-state index contributed by atoms with van der Waals surface area (Å²) in [4.78, 5) is 11.9. The van der Waals surface area contributed by atoms with Crippen LogP contribution in [0.3, 0.4) is 0 Å². The van der Waals surface area contributed by atoms with E-state index >= 15 is 0 Å². The molecule has 2 aliphatic carbocycles. The van der Waals surface area contributed by atoms with Gasteiger partial charge in [-0.05, 0) is 51.2 Å². The zero-order valence-electron chi connectivity index (χ0n) is 9.88. The third-order valence-electron chi connectivity index (χ3n) is 3.86. The van der Waals surface area contributed by atoms with Crippen molar-refractivity contribution in [2.75, 3.05) is 12.8 Å². The molecule has 0 aliphatic heterocycles. The predicted molar refractivity (Wildman–Crippen MR) is 64.9 cm³/mol. The lowest BCUT2D eigenvalue weighted by Gasteiger charge is -2.23. The van der Waals surface area contributed by atoms with E-state index in [0.29, 0.717) is 11.8 Å². The number of rotatable bonds is 4. The maximum Gasteiger partial charge on any atom is 0.223 e. The first-order valence-electron chi connectivity index (χ1n) is 5.85. The highest BCUT2D eigenvalue weighted by Gasteiger charge is 2.47. The van der Waals surface area contributed by atoms with Gasteiger partial charge in [0.25, 0.3) is 0 Å². The molecule has 2 atom stereocenters. The van der Waals surface area contributed by atoms with Crippen molar-refractivity contribution in [3.8, 4) is 0 Å². The third-order valence-corrected chi connectivity index (χ3v) is 5.10. The molecular formula is C12H21NOS. The van der Waals surface area contributed by atoms with E-state index in [4.69, 9.17) is 0 Å². The van der Waals surface area contributed by atoms with Crippen molar-refractivity contribution in [3.05, 3.63) is 0 Å². The fourth-order valence-electron chi connectivity index (χ4n) is 2.45. The van der Waals surface area contributed by atoms with Crippen LogP contribution in [0.5, 0.6) is 0 Å². The summed E-state index contributed by atoms with van der Waals surface area (Å²) in [5, 5.41) is 3.10. The molecule has 0 bridgehead atoms. The highest BCUT2D eigenvalue weighted by atomic mass is 32.2. The van der Waals surface area contributed by atoms with Gasteiger partial charge in [-0.2, -0.15) is 11.8 Å². The van der Waals surface area contributed by atoms with E-state index in [1.807, 2.05) is 0 Å². The number of hydrogen-bond donors (Lipinski definition) is 1. The summed E-state index contributed by atoms with van der Waals surface area (Å²) in [6, 6.07) is 0. The van der Waals surface area contributed by atoms with Crippen molar-refractivity contribution in [2.24, 2.45) is 17.8 Å². The van der Waals surface area contributed by atoms with Gasteiger partial charge in [-0.1, -0.05) is 0 Å². The lowest BCUT2D eigenvalue weighted by Crippen LogP contribution is -2.39. The van der Waals surface area contributed by atoms with Gasteiger partial charge < -0.3 is 5.32 Å². The first-order valence-corrected chi connectivity index (χ1v) is 7.07. The molecule has 0 aromatic rings. The Hall–Kier alpha value is -0.180. The largest absolute Gasteiger partial charge is 0.354 e. The second-order valence-electron chi connectivity index (χ2n) is 5.61. The van der Waals surface area contributed by atoms with Crippen molar-refractivity contribution in [1.29, 1.82) is 0 Å². The molecule has 2 aliphatic rings. The average Bonchev–Trinajstić information content (AvgIpc) is 2.82. The van der Waals surface area contributed by atoms with Crippen LogP contribution in [-0.4, -0.2) is 23.5 Å². The van der Waals surface area contributed by atoms with Gasteiger partial charge in [-0.25, -0.2) is 0 Å². The standard InChI is InChI=1S/C12H21NOS/c1-12(2,15-3)7-13-11(14)10-5-8-4-9(8)6-10/h8-10H,4-7H2,1-3H3,(H,13,14). The van der Waals surface area contributed by atoms with Crippen molar-refractivity contribution < 1.29 is 4.79 Å². The van der Waals surface area contributed by atoms with Crippen LogP contribution in [0.4, 0.5) is 0 Å². The lowest BCUT2D eigenvalue weighted by atomic mass is 10.0. The average molecular weight is 227 g/mol. The molecule has 2 rings (SSSR count). The number of amides is 1. The van der Waals surface area contributed by atoms with E-state index in [2.05, 4.69) is 25.4 Å². The van der Waals surface area contributed by atoms with Gasteiger partial charge in [0.2, 0.25) is 5.91 Å². The zero-order chi connectivity index (χ0) is 11.1. The molecule has 0 spiro atoms. The smallest absolute Gasteiger partial charge is 0.223 e. The number of carbonyl (C=O) groups is 1. The molecular weight excluding hydrogens is 206 g/mol. The Bertz CT molecular complexity index is 254. The van der Waals surface area contributed by atoms with Crippen LogP contribution in [-0.2, 0) is 4.79 Å². The predicted octanol–water partition coefficient (Wildman–Crippen LogP) is 2.29. The Labute approximate surface area is 96.6 Å². The van der Waals surface area contributed by atoms with Crippen LogP contribution in [0, 0.1) is 17.8 Å². The molecule has 1 N–H and O–H groups in total. The lowest BCUT2D eigenvalue weighted by molar-refractivity contribution is -0.125. The summed E-state index contributed by atoms with van der Waals surface area (Å²) in [7, 11) is 0. The highest BCUT2D eigenvalue weighted by molar-refractivity contribution is 7.99. The number of hydrogen-bond acceptors (Lipinski definition) is 2. The van der Waals surface area contributed by atoms with Crippen LogP contribution >= 0.6 is 11.8 Å². The molecule has 3 heteroatoms. The van der Waals surface area contributed by atoms with Gasteiger partial charge in [-0.3, -0.25) is 4.79 Å². The van der Waals surface area contributed by atoms with Gasteiger partial charge in [0.15, 0.2) is 0 Å². The summed E-state index contributed by atoms with van der Waals surface area (Å²) >= 11 is 1.81. The second-order valence-corrected chi connectivity index (χ2v) is 7.12. The molecule has 2 fully saturated rings. The Morgan fingerprint density at radius 2 is 1.93 bits per heavy atom. The molecule has 86 valence electrons. The molecule has 1 amide bonds. The van der Waals surface area contributed by atoms with Gasteiger partial charge in [0.05, 0.1) is 0 Å². The Kier molecular flexibility index (Phi) is 3.02. The van der Waals surface area contributed by atoms with Gasteiger partial charge in [-0.15, -0.1) is 0 Å². The SMILES string of the molecule is CSC(C)(C)CNC(=O)C1CC2CC2C1. The monoisotopic (exact) mass is 227 g/mol. The van der Waals surface area contributed by atoms with Crippen LogP contribution < -0.4 is 5.32 Å². The summed E-state index contributed by atoms with van der Waals surface area (Å²) in [6.07, 6.45) is 5.78. The fraction of sp³-hybridized carbons (Fsp3) is 0.917. The van der Waals surface area contributed by atoms with Gasteiger partial charge >= 0.3 is 0 Å². The molecule has 0 heterocycles. The molecule has 0 aromatic heterocycles. The van der Waals surface area contributed by atoms with E-state index in [0.717, 1.165) is 31.2 Å². The first kappa shape index (κ1) is 11.3. The molecule has 2 saturated carbocycles.